The third kappa shape index (κ3) is 1.87. The van der Waals surface area contributed by atoms with Crippen molar-refractivity contribution in [2.45, 2.75) is 19.6 Å². The summed E-state index contributed by atoms with van der Waals surface area (Å²) in [5.41, 5.74) is 2.11. The molecule has 0 saturated heterocycles. The van der Waals surface area contributed by atoms with Crippen molar-refractivity contribution in [2.24, 2.45) is 0 Å². The fraction of sp³-hybridized carbons (Fsp3) is 0.267. The third-order valence-electron chi connectivity index (χ3n) is 3.43. The van der Waals surface area contributed by atoms with Gasteiger partial charge >= 0.3 is 0 Å². The minimum absolute atomic E-state index is 0.574. The van der Waals surface area contributed by atoms with E-state index in [2.05, 4.69) is 5.10 Å². The van der Waals surface area contributed by atoms with Crippen LogP contribution in [0.25, 0.3) is 11.0 Å². The maximum atomic E-state index is 10.7. The zero-order valence-corrected chi connectivity index (χ0v) is 11.4. The molecule has 5 nitrogen and oxygen atoms in total. The number of aryl methyl sites for hydroxylation is 1. The van der Waals surface area contributed by atoms with Crippen LogP contribution < -0.4 is 4.74 Å². The second-order valence-electron chi connectivity index (χ2n) is 4.50. The first kappa shape index (κ1) is 12.7. The second-order valence-corrected chi connectivity index (χ2v) is 4.50. The number of nitrogens with zero attached hydrogens (tertiary/aromatic N) is 2. The molecule has 0 radical (unpaired) electrons. The number of fused-ring (bicyclic) bond motifs is 1. The van der Waals surface area contributed by atoms with E-state index in [0.29, 0.717) is 23.6 Å². The van der Waals surface area contributed by atoms with Gasteiger partial charge in [0.15, 0.2) is 5.75 Å². The molecule has 1 atom stereocenters. The number of rotatable bonds is 4. The fourth-order valence-corrected chi connectivity index (χ4v) is 2.42. The van der Waals surface area contributed by atoms with Crippen LogP contribution in [0.2, 0.25) is 0 Å². The Morgan fingerprint density at radius 2 is 2.20 bits per heavy atom. The maximum Gasteiger partial charge on any atom is 0.163 e. The van der Waals surface area contributed by atoms with Crippen LogP contribution in [0, 0.1) is 0 Å². The van der Waals surface area contributed by atoms with E-state index in [1.54, 1.807) is 24.3 Å². The topological polar surface area (TPSA) is 60.4 Å². The number of hydrogen-bond acceptors (Lipinski definition) is 4. The molecule has 2 heterocycles. The average molecular weight is 272 g/mol. The van der Waals surface area contributed by atoms with Crippen LogP contribution in [-0.2, 0) is 6.54 Å². The zero-order valence-electron chi connectivity index (χ0n) is 11.4. The Morgan fingerprint density at radius 3 is 2.95 bits per heavy atom. The summed E-state index contributed by atoms with van der Waals surface area (Å²) in [6, 6.07) is 7.62. The van der Waals surface area contributed by atoms with E-state index in [1.165, 1.54) is 0 Å². The molecule has 0 amide bonds. The molecule has 2 aromatic heterocycles. The lowest BCUT2D eigenvalue weighted by molar-refractivity contribution is 0.203. The molecule has 3 aromatic rings. The largest absolute Gasteiger partial charge is 0.493 e. The lowest BCUT2D eigenvalue weighted by Gasteiger charge is -2.13. The molecule has 5 heteroatoms. The molecule has 0 aliphatic heterocycles. The molecule has 0 fully saturated rings. The summed E-state index contributed by atoms with van der Waals surface area (Å²) >= 11 is 0. The Bertz CT molecular complexity index is 708. The highest BCUT2D eigenvalue weighted by Gasteiger charge is 2.24. The van der Waals surface area contributed by atoms with Gasteiger partial charge in [0.2, 0.25) is 0 Å². The van der Waals surface area contributed by atoms with Gasteiger partial charge in [-0.1, -0.05) is 18.2 Å². The molecule has 1 aromatic carbocycles. The van der Waals surface area contributed by atoms with E-state index < -0.39 is 6.10 Å². The van der Waals surface area contributed by atoms with Crippen molar-refractivity contribution >= 4 is 11.0 Å². The van der Waals surface area contributed by atoms with Crippen molar-refractivity contribution in [3.63, 3.8) is 0 Å². The highest BCUT2D eigenvalue weighted by Crippen LogP contribution is 2.34. The van der Waals surface area contributed by atoms with E-state index in [9.17, 15) is 5.11 Å². The molecule has 1 unspecified atom stereocenters. The standard InChI is InChI=1S/C15H16N2O3/c1-3-17-14(13(19-2)8-16-17)15(18)11-9-20-12-7-5-4-6-10(11)12/h4-9,15,18H,3H2,1-2H3. The monoisotopic (exact) mass is 272 g/mol. The summed E-state index contributed by atoms with van der Waals surface area (Å²) < 4.78 is 12.5. The number of furan rings is 1. The van der Waals surface area contributed by atoms with Crippen molar-refractivity contribution in [3.8, 4) is 5.75 Å². The normalized spacial score (nSPS) is 12.8. The van der Waals surface area contributed by atoms with Gasteiger partial charge in [0, 0.05) is 17.5 Å². The van der Waals surface area contributed by atoms with Gasteiger partial charge in [-0.3, -0.25) is 4.68 Å². The van der Waals surface area contributed by atoms with E-state index >= 15 is 0 Å². The Kier molecular flexibility index (Phi) is 3.20. The van der Waals surface area contributed by atoms with Crippen LogP contribution in [-0.4, -0.2) is 22.0 Å². The van der Waals surface area contributed by atoms with Crippen molar-refractivity contribution < 1.29 is 14.3 Å². The lowest BCUT2D eigenvalue weighted by atomic mass is 10.1. The van der Waals surface area contributed by atoms with E-state index in [1.807, 2.05) is 31.2 Å². The number of benzene rings is 1. The van der Waals surface area contributed by atoms with Gasteiger partial charge in [0.1, 0.15) is 17.4 Å². The molecular weight excluding hydrogens is 256 g/mol. The number of ether oxygens (including phenoxy) is 1. The van der Waals surface area contributed by atoms with E-state index in [4.69, 9.17) is 9.15 Å². The molecule has 104 valence electrons. The summed E-state index contributed by atoms with van der Waals surface area (Å²) in [6.07, 6.45) is 2.36. The molecule has 3 rings (SSSR count). The molecule has 0 saturated carbocycles. The van der Waals surface area contributed by atoms with Gasteiger partial charge in [-0.2, -0.15) is 5.10 Å². The number of aromatic nitrogens is 2. The summed E-state index contributed by atoms with van der Waals surface area (Å²) in [6.45, 7) is 2.63. The Balaban J connectivity index is 2.13. The first-order valence-electron chi connectivity index (χ1n) is 6.50. The molecular formula is C15H16N2O3. The van der Waals surface area contributed by atoms with Gasteiger partial charge in [-0.15, -0.1) is 0 Å². The van der Waals surface area contributed by atoms with Crippen molar-refractivity contribution in [1.82, 2.24) is 9.78 Å². The van der Waals surface area contributed by atoms with Crippen molar-refractivity contribution in [1.29, 1.82) is 0 Å². The van der Waals surface area contributed by atoms with Crippen LogP contribution in [0.1, 0.15) is 24.3 Å². The highest BCUT2D eigenvalue weighted by molar-refractivity contribution is 5.81. The highest BCUT2D eigenvalue weighted by atomic mass is 16.5. The zero-order chi connectivity index (χ0) is 14.1. The van der Waals surface area contributed by atoms with Crippen LogP contribution in [0.5, 0.6) is 5.75 Å². The summed E-state index contributed by atoms with van der Waals surface area (Å²) in [4.78, 5) is 0. The quantitative estimate of drug-likeness (QED) is 0.793. The molecule has 0 aliphatic rings. The predicted octanol–water partition coefficient (Wildman–Crippen LogP) is 2.74. The second kappa shape index (κ2) is 5.02. The van der Waals surface area contributed by atoms with E-state index in [-0.39, 0.29) is 0 Å². The number of hydrogen-bond donors (Lipinski definition) is 1. The summed E-state index contributed by atoms with van der Waals surface area (Å²) in [5, 5.41) is 15.8. The van der Waals surface area contributed by atoms with Gasteiger partial charge in [-0.05, 0) is 13.0 Å². The Labute approximate surface area is 116 Å². The minimum atomic E-state index is -0.837. The average Bonchev–Trinajstić information content (AvgIpc) is 3.10. The van der Waals surface area contributed by atoms with Gasteiger partial charge in [-0.25, -0.2) is 0 Å². The molecule has 20 heavy (non-hydrogen) atoms. The molecule has 0 bridgehead atoms. The first-order chi connectivity index (χ1) is 9.76. The Morgan fingerprint density at radius 1 is 1.40 bits per heavy atom. The summed E-state index contributed by atoms with van der Waals surface area (Å²) in [7, 11) is 1.57. The number of aliphatic hydroxyl groups excluding tert-OH is 1. The number of para-hydroxylation sites is 1. The number of methoxy groups -OCH3 is 1. The molecule has 0 spiro atoms. The predicted molar refractivity (Wildman–Crippen MR) is 74.7 cm³/mol. The van der Waals surface area contributed by atoms with Gasteiger partial charge in [0.05, 0.1) is 19.6 Å². The third-order valence-corrected chi connectivity index (χ3v) is 3.43. The minimum Gasteiger partial charge on any atom is -0.493 e. The molecule has 0 aliphatic carbocycles. The SMILES string of the molecule is CCn1ncc(OC)c1C(O)c1coc2ccccc12. The van der Waals surface area contributed by atoms with Crippen LogP contribution in [0.15, 0.2) is 41.1 Å². The molecule has 1 N–H and O–H groups in total. The summed E-state index contributed by atoms with van der Waals surface area (Å²) in [5.74, 6) is 0.574. The smallest absolute Gasteiger partial charge is 0.163 e. The first-order valence-corrected chi connectivity index (χ1v) is 6.50. The van der Waals surface area contributed by atoms with Gasteiger partial charge < -0.3 is 14.3 Å². The fourth-order valence-electron chi connectivity index (χ4n) is 2.42. The van der Waals surface area contributed by atoms with E-state index in [0.717, 1.165) is 11.0 Å². The number of aliphatic hydroxyl groups is 1. The van der Waals surface area contributed by atoms with Gasteiger partial charge in [0.25, 0.3) is 0 Å². The van der Waals surface area contributed by atoms with Crippen molar-refractivity contribution in [2.75, 3.05) is 7.11 Å². The van der Waals surface area contributed by atoms with Crippen LogP contribution >= 0.6 is 0 Å². The van der Waals surface area contributed by atoms with Crippen molar-refractivity contribution in [3.05, 3.63) is 48.0 Å². The lowest BCUT2D eigenvalue weighted by Crippen LogP contribution is -2.10. The Hall–Kier alpha value is -2.27. The maximum absolute atomic E-state index is 10.7. The van der Waals surface area contributed by atoms with Crippen LogP contribution in [0.3, 0.4) is 0 Å². The van der Waals surface area contributed by atoms with Crippen LogP contribution in [0.4, 0.5) is 0 Å².